The van der Waals surface area contributed by atoms with E-state index in [1.54, 1.807) is 0 Å². The molecular formula is C18H30N2O. The first-order chi connectivity index (χ1) is 10.0. The zero-order chi connectivity index (χ0) is 15.7. The molecule has 0 saturated heterocycles. The number of aryl methyl sites for hydroxylation is 1. The van der Waals surface area contributed by atoms with E-state index in [0.717, 1.165) is 18.5 Å². The lowest BCUT2D eigenvalue weighted by Crippen LogP contribution is -2.23. The van der Waals surface area contributed by atoms with Crippen molar-refractivity contribution < 1.29 is 4.79 Å². The molecule has 0 aliphatic heterocycles. The highest BCUT2D eigenvalue weighted by molar-refractivity contribution is 5.90. The van der Waals surface area contributed by atoms with Crippen molar-refractivity contribution in [3.8, 4) is 0 Å². The lowest BCUT2D eigenvalue weighted by Gasteiger charge is -2.16. The van der Waals surface area contributed by atoms with Gasteiger partial charge in [0.15, 0.2) is 0 Å². The number of hydrogen-bond donors (Lipinski definition) is 2. The maximum atomic E-state index is 12.1. The molecule has 3 heteroatoms. The van der Waals surface area contributed by atoms with Crippen LogP contribution in [0.1, 0.15) is 52.0 Å². The Morgan fingerprint density at radius 1 is 1.24 bits per heavy atom. The first-order valence-corrected chi connectivity index (χ1v) is 8.14. The SMILES string of the molecule is CCCCc1ccc(NC(=O)C[C@@H](CN)CC(C)C)cc1. The summed E-state index contributed by atoms with van der Waals surface area (Å²) in [4.78, 5) is 12.1. The molecule has 0 heterocycles. The molecule has 0 unspecified atom stereocenters. The summed E-state index contributed by atoms with van der Waals surface area (Å²) in [5.74, 6) is 0.908. The zero-order valence-corrected chi connectivity index (χ0v) is 13.7. The molecule has 1 aromatic carbocycles. The van der Waals surface area contributed by atoms with Gasteiger partial charge in [0.05, 0.1) is 0 Å². The third-order valence-corrected chi connectivity index (χ3v) is 3.67. The monoisotopic (exact) mass is 290 g/mol. The van der Waals surface area contributed by atoms with E-state index in [2.05, 4.69) is 38.2 Å². The van der Waals surface area contributed by atoms with Crippen LogP contribution in [0, 0.1) is 11.8 Å². The molecule has 3 N–H and O–H groups in total. The third-order valence-electron chi connectivity index (χ3n) is 3.67. The highest BCUT2D eigenvalue weighted by Crippen LogP contribution is 2.16. The molecule has 118 valence electrons. The normalized spacial score (nSPS) is 12.4. The molecule has 0 fully saturated rings. The molecule has 21 heavy (non-hydrogen) atoms. The lowest BCUT2D eigenvalue weighted by atomic mass is 9.94. The van der Waals surface area contributed by atoms with Gasteiger partial charge in [0, 0.05) is 12.1 Å². The van der Waals surface area contributed by atoms with Crippen molar-refractivity contribution in [2.75, 3.05) is 11.9 Å². The zero-order valence-electron chi connectivity index (χ0n) is 13.7. The summed E-state index contributed by atoms with van der Waals surface area (Å²) >= 11 is 0. The number of nitrogens with one attached hydrogen (secondary N) is 1. The van der Waals surface area contributed by atoms with Crippen LogP contribution in [0.3, 0.4) is 0 Å². The average molecular weight is 290 g/mol. The Balaban J connectivity index is 2.46. The van der Waals surface area contributed by atoms with Crippen molar-refractivity contribution >= 4 is 11.6 Å². The lowest BCUT2D eigenvalue weighted by molar-refractivity contribution is -0.117. The third kappa shape index (κ3) is 7.28. The minimum Gasteiger partial charge on any atom is -0.330 e. The Kier molecular flexibility index (Phi) is 8.06. The highest BCUT2D eigenvalue weighted by Gasteiger charge is 2.14. The van der Waals surface area contributed by atoms with Crippen molar-refractivity contribution in [1.29, 1.82) is 0 Å². The summed E-state index contributed by atoms with van der Waals surface area (Å²) in [5.41, 5.74) is 7.95. The molecule has 0 bridgehead atoms. The van der Waals surface area contributed by atoms with E-state index in [9.17, 15) is 4.79 Å². The molecule has 0 radical (unpaired) electrons. The summed E-state index contributed by atoms with van der Waals surface area (Å²) < 4.78 is 0. The second-order valence-corrected chi connectivity index (χ2v) is 6.28. The van der Waals surface area contributed by atoms with Crippen LogP contribution in [0.15, 0.2) is 24.3 Å². The smallest absolute Gasteiger partial charge is 0.224 e. The fourth-order valence-corrected chi connectivity index (χ4v) is 2.54. The predicted molar refractivity (Wildman–Crippen MR) is 90.3 cm³/mol. The van der Waals surface area contributed by atoms with E-state index in [1.807, 2.05) is 12.1 Å². The molecule has 0 spiro atoms. The van der Waals surface area contributed by atoms with Gasteiger partial charge in [-0.2, -0.15) is 0 Å². The van der Waals surface area contributed by atoms with Crippen molar-refractivity contribution in [3.63, 3.8) is 0 Å². The topological polar surface area (TPSA) is 55.1 Å². The van der Waals surface area contributed by atoms with E-state index in [1.165, 1.54) is 18.4 Å². The Morgan fingerprint density at radius 3 is 2.43 bits per heavy atom. The van der Waals surface area contributed by atoms with Crippen LogP contribution in [-0.4, -0.2) is 12.5 Å². The summed E-state index contributed by atoms with van der Waals surface area (Å²) in [6.07, 6.45) is 5.02. The molecule has 1 amide bonds. The molecule has 0 aliphatic rings. The number of nitrogens with two attached hydrogens (primary N) is 1. The van der Waals surface area contributed by atoms with E-state index in [4.69, 9.17) is 5.73 Å². The molecule has 0 saturated carbocycles. The van der Waals surface area contributed by atoms with Crippen LogP contribution in [0.2, 0.25) is 0 Å². The van der Waals surface area contributed by atoms with Crippen molar-refractivity contribution in [2.45, 2.75) is 52.9 Å². The fraction of sp³-hybridized carbons (Fsp3) is 0.611. The molecule has 3 nitrogen and oxygen atoms in total. The van der Waals surface area contributed by atoms with Crippen molar-refractivity contribution in [3.05, 3.63) is 29.8 Å². The first kappa shape index (κ1) is 17.7. The number of carbonyl (C=O) groups excluding carboxylic acids is 1. The van der Waals surface area contributed by atoms with Gasteiger partial charge in [-0.05, 0) is 55.3 Å². The van der Waals surface area contributed by atoms with Crippen LogP contribution in [0.25, 0.3) is 0 Å². The second-order valence-electron chi connectivity index (χ2n) is 6.28. The molecule has 0 aromatic heterocycles. The van der Waals surface area contributed by atoms with Gasteiger partial charge in [-0.15, -0.1) is 0 Å². The number of benzene rings is 1. The number of amides is 1. The standard InChI is InChI=1S/C18H30N2O/c1-4-5-6-15-7-9-17(10-8-15)20-18(21)12-16(13-19)11-14(2)3/h7-10,14,16H,4-6,11-13,19H2,1-3H3,(H,20,21)/t16-/m0/s1. The van der Waals surface area contributed by atoms with Crippen LogP contribution in [0.4, 0.5) is 5.69 Å². The van der Waals surface area contributed by atoms with Gasteiger partial charge in [-0.3, -0.25) is 4.79 Å². The fourth-order valence-electron chi connectivity index (χ4n) is 2.54. The molecule has 1 aromatic rings. The van der Waals surface area contributed by atoms with E-state index in [-0.39, 0.29) is 11.8 Å². The van der Waals surface area contributed by atoms with Crippen LogP contribution in [-0.2, 0) is 11.2 Å². The number of carbonyl (C=O) groups is 1. The van der Waals surface area contributed by atoms with Crippen LogP contribution in [0.5, 0.6) is 0 Å². The van der Waals surface area contributed by atoms with Crippen molar-refractivity contribution in [2.24, 2.45) is 17.6 Å². The summed E-state index contributed by atoms with van der Waals surface area (Å²) in [6.45, 7) is 7.09. The van der Waals surface area contributed by atoms with Gasteiger partial charge >= 0.3 is 0 Å². The largest absolute Gasteiger partial charge is 0.330 e. The van der Waals surface area contributed by atoms with Gasteiger partial charge in [-0.25, -0.2) is 0 Å². The minimum absolute atomic E-state index is 0.0624. The predicted octanol–water partition coefficient (Wildman–Crippen LogP) is 3.98. The number of hydrogen-bond acceptors (Lipinski definition) is 2. The molecule has 1 rings (SSSR count). The molecule has 0 aliphatic carbocycles. The Morgan fingerprint density at radius 2 is 1.90 bits per heavy atom. The van der Waals surface area contributed by atoms with Gasteiger partial charge < -0.3 is 11.1 Å². The minimum atomic E-state index is 0.0624. The van der Waals surface area contributed by atoms with Crippen molar-refractivity contribution in [1.82, 2.24) is 0 Å². The summed E-state index contributed by atoms with van der Waals surface area (Å²) in [5, 5.41) is 2.97. The van der Waals surface area contributed by atoms with Crippen LogP contribution >= 0.6 is 0 Å². The number of anilines is 1. The first-order valence-electron chi connectivity index (χ1n) is 8.14. The number of rotatable bonds is 9. The van der Waals surface area contributed by atoms with Gasteiger partial charge in [-0.1, -0.05) is 39.3 Å². The van der Waals surface area contributed by atoms with Gasteiger partial charge in [0.2, 0.25) is 5.91 Å². The quantitative estimate of drug-likeness (QED) is 0.723. The Labute approximate surface area is 129 Å². The highest BCUT2D eigenvalue weighted by atomic mass is 16.1. The Bertz CT molecular complexity index is 412. The van der Waals surface area contributed by atoms with Crippen LogP contribution < -0.4 is 11.1 Å². The van der Waals surface area contributed by atoms with E-state index >= 15 is 0 Å². The molecule has 1 atom stereocenters. The molecular weight excluding hydrogens is 260 g/mol. The Hall–Kier alpha value is -1.35. The van der Waals surface area contributed by atoms with Gasteiger partial charge in [0.25, 0.3) is 0 Å². The maximum Gasteiger partial charge on any atom is 0.224 e. The summed E-state index contributed by atoms with van der Waals surface area (Å²) in [6, 6.07) is 8.17. The second kappa shape index (κ2) is 9.56. The van der Waals surface area contributed by atoms with E-state index < -0.39 is 0 Å². The summed E-state index contributed by atoms with van der Waals surface area (Å²) in [7, 11) is 0. The number of unbranched alkanes of at least 4 members (excludes halogenated alkanes) is 1. The van der Waals surface area contributed by atoms with E-state index in [0.29, 0.717) is 18.9 Å². The average Bonchev–Trinajstić information content (AvgIpc) is 2.45. The van der Waals surface area contributed by atoms with Gasteiger partial charge in [0.1, 0.15) is 0 Å². The maximum absolute atomic E-state index is 12.1.